The number of anilines is 1. The Bertz CT molecular complexity index is 1130. The van der Waals surface area contributed by atoms with Gasteiger partial charge in [0.25, 0.3) is 0 Å². The van der Waals surface area contributed by atoms with E-state index in [1.54, 1.807) is 11.3 Å². The Morgan fingerprint density at radius 2 is 1.80 bits per heavy atom. The third-order valence-electron chi connectivity index (χ3n) is 4.50. The number of carbonyl (C=O) groups is 1. The van der Waals surface area contributed by atoms with Crippen LogP contribution in [0.2, 0.25) is 0 Å². The molecule has 0 saturated heterocycles. The molecule has 5 nitrogen and oxygen atoms in total. The van der Waals surface area contributed by atoms with Crippen LogP contribution >= 0.6 is 39.0 Å². The maximum absolute atomic E-state index is 13.2. The Morgan fingerprint density at radius 3 is 2.47 bits per heavy atom. The minimum Gasteiger partial charge on any atom is -0.307 e. The first-order valence-electron chi connectivity index (χ1n) is 9.28. The third kappa shape index (κ3) is 4.83. The van der Waals surface area contributed by atoms with Crippen LogP contribution in [0.5, 0.6) is 0 Å². The Morgan fingerprint density at radius 1 is 1.10 bits per heavy atom. The van der Waals surface area contributed by atoms with Gasteiger partial charge in [0.05, 0.1) is 17.2 Å². The van der Waals surface area contributed by atoms with Gasteiger partial charge >= 0.3 is 0 Å². The van der Waals surface area contributed by atoms with Gasteiger partial charge in [0.15, 0.2) is 11.0 Å². The summed E-state index contributed by atoms with van der Waals surface area (Å²) in [5.74, 6) is 1.10. The molecule has 4 rings (SSSR count). The fourth-order valence-electron chi connectivity index (χ4n) is 2.99. The normalized spacial score (nSPS) is 10.9. The van der Waals surface area contributed by atoms with Crippen LogP contribution in [-0.4, -0.2) is 26.4 Å². The van der Waals surface area contributed by atoms with Crippen molar-refractivity contribution in [3.05, 3.63) is 82.1 Å². The standard InChI is InChI=1S/C22H19BrN4OS2/c1-26-21(19-12-17(23)14-29-19)24-25-22(26)30-15-20(28)27(18-10-6-3-7-11-18)13-16-8-4-2-5-9-16/h2-12,14H,13,15H2,1H3. The molecule has 0 bridgehead atoms. The predicted octanol–water partition coefficient (Wildman–Crippen LogP) is 5.63. The number of benzene rings is 2. The second-order valence-electron chi connectivity index (χ2n) is 6.58. The van der Waals surface area contributed by atoms with Crippen LogP contribution in [0.4, 0.5) is 5.69 Å². The van der Waals surface area contributed by atoms with Gasteiger partial charge in [-0.15, -0.1) is 21.5 Å². The number of aromatic nitrogens is 3. The Labute approximate surface area is 191 Å². The van der Waals surface area contributed by atoms with E-state index in [1.165, 1.54) is 11.8 Å². The molecule has 1 amide bonds. The monoisotopic (exact) mass is 498 g/mol. The molecule has 152 valence electrons. The van der Waals surface area contributed by atoms with Crippen molar-refractivity contribution >= 4 is 50.6 Å². The minimum absolute atomic E-state index is 0.0264. The lowest BCUT2D eigenvalue weighted by Gasteiger charge is -2.23. The van der Waals surface area contributed by atoms with E-state index in [0.717, 1.165) is 31.6 Å². The molecule has 2 heterocycles. The molecule has 0 N–H and O–H groups in total. The second-order valence-corrected chi connectivity index (χ2v) is 9.35. The number of amides is 1. The summed E-state index contributed by atoms with van der Waals surface area (Å²) in [6.07, 6.45) is 0. The summed E-state index contributed by atoms with van der Waals surface area (Å²) in [6.45, 7) is 0.525. The van der Waals surface area contributed by atoms with Crippen molar-refractivity contribution in [2.45, 2.75) is 11.7 Å². The fraction of sp³-hybridized carbons (Fsp3) is 0.136. The molecular formula is C22H19BrN4OS2. The molecular weight excluding hydrogens is 480 g/mol. The smallest absolute Gasteiger partial charge is 0.237 e. The van der Waals surface area contributed by atoms with E-state index in [1.807, 2.05) is 88.6 Å². The molecule has 0 aliphatic heterocycles. The first-order chi connectivity index (χ1) is 14.6. The van der Waals surface area contributed by atoms with Crippen LogP contribution in [0, 0.1) is 0 Å². The van der Waals surface area contributed by atoms with Crippen molar-refractivity contribution in [2.75, 3.05) is 10.7 Å². The van der Waals surface area contributed by atoms with Crippen LogP contribution in [0.1, 0.15) is 5.56 Å². The summed E-state index contributed by atoms with van der Waals surface area (Å²) in [5, 5.41) is 11.3. The van der Waals surface area contributed by atoms with Gasteiger partial charge in [-0.1, -0.05) is 60.3 Å². The number of halogens is 1. The van der Waals surface area contributed by atoms with E-state index in [0.29, 0.717) is 6.54 Å². The van der Waals surface area contributed by atoms with Crippen molar-refractivity contribution < 1.29 is 4.79 Å². The molecule has 0 spiro atoms. The molecule has 0 aliphatic rings. The first-order valence-corrected chi connectivity index (χ1v) is 11.9. The van der Waals surface area contributed by atoms with E-state index >= 15 is 0 Å². The fourth-order valence-corrected chi connectivity index (χ4v) is 5.22. The summed E-state index contributed by atoms with van der Waals surface area (Å²) in [5.41, 5.74) is 1.97. The minimum atomic E-state index is 0.0264. The number of thiophene rings is 1. The summed E-state index contributed by atoms with van der Waals surface area (Å²) >= 11 is 6.48. The lowest BCUT2D eigenvalue weighted by atomic mass is 10.2. The van der Waals surface area contributed by atoms with Gasteiger partial charge in [-0.2, -0.15) is 0 Å². The zero-order valence-electron chi connectivity index (χ0n) is 16.2. The van der Waals surface area contributed by atoms with E-state index in [9.17, 15) is 4.79 Å². The Kier molecular flexibility index (Phi) is 6.66. The molecule has 2 aromatic heterocycles. The van der Waals surface area contributed by atoms with E-state index in [4.69, 9.17) is 0 Å². The maximum Gasteiger partial charge on any atom is 0.237 e. The topological polar surface area (TPSA) is 51.0 Å². The highest BCUT2D eigenvalue weighted by atomic mass is 79.9. The van der Waals surface area contributed by atoms with Crippen LogP contribution in [0.3, 0.4) is 0 Å². The van der Waals surface area contributed by atoms with Gasteiger partial charge in [-0.05, 0) is 39.7 Å². The van der Waals surface area contributed by atoms with Gasteiger partial charge < -0.3 is 9.47 Å². The first kappa shape index (κ1) is 20.8. The second kappa shape index (κ2) is 9.59. The number of para-hydroxylation sites is 1. The quantitative estimate of drug-likeness (QED) is 0.309. The van der Waals surface area contributed by atoms with Crippen LogP contribution < -0.4 is 4.90 Å². The van der Waals surface area contributed by atoms with Crippen molar-refractivity contribution in [1.29, 1.82) is 0 Å². The van der Waals surface area contributed by atoms with Crippen molar-refractivity contribution in [3.8, 4) is 10.7 Å². The molecule has 4 aromatic rings. The highest BCUT2D eigenvalue weighted by molar-refractivity contribution is 9.10. The maximum atomic E-state index is 13.2. The predicted molar refractivity (Wildman–Crippen MR) is 127 cm³/mol. The van der Waals surface area contributed by atoms with Crippen molar-refractivity contribution in [2.24, 2.45) is 7.05 Å². The van der Waals surface area contributed by atoms with Crippen LogP contribution in [0.15, 0.2) is 81.7 Å². The zero-order valence-corrected chi connectivity index (χ0v) is 19.5. The summed E-state index contributed by atoms with van der Waals surface area (Å²) < 4.78 is 2.95. The number of rotatable bonds is 7. The Hall–Kier alpha value is -2.42. The average Bonchev–Trinajstić information content (AvgIpc) is 3.36. The highest BCUT2D eigenvalue weighted by Crippen LogP contribution is 2.30. The van der Waals surface area contributed by atoms with Gasteiger partial charge in [0, 0.05) is 22.6 Å². The highest BCUT2D eigenvalue weighted by Gasteiger charge is 2.19. The van der Waals surface area contributed by atoms with Crippen LogP contribution in [0.25, 0.3) is 10.7 Å². The van der Waals surface area contributed by atoms with Crippen molar-refractivity contribution in [1.82, 2.24) is 14.8 Å². The molecule has 0 aliphatic carbocycles. The molecule has 0 radical (unpaired) electrons. The molecule has 0 atom stereocenters. The lowest BCUT2D eigenvalue weighted by Crippen LogP contribution is -2.32. The Balaban J connectivity index is 1.50. The van der Waals surface area contributed by atoms with Crippen LogP contribution in [-0.2, 0) is 18.4 Å². The summed E-state index contributed by atoms with van der Waals surface area (Å²) in [6, 6.07) is 21.8. The van der Waals surface area contributed by atoms with E-state index in [2.05, 4.69) is 26.1 Å². The van der Waals surface area contributed by atoms with Gasteiger partial charge in [0.2, 0.25) is 5.91 Å². The molecule has 0 fully saturated rings. The van der Waals surface area contributed by atoms with Gasteiger partial charge in [-0.25, -0.2) is 0 Å². The molecule has 30 heavy (non-hydrogen) atoms. The molecule has 8 heteroatoms. The van der Waals surface area contributed by atoms with E-state index in [-0.39, 0.29) is 11.7 Å². The molecule has 0 saturated carbocycles. The average molecular weight is 499 g/mol. The molecule has 2 aromatic carbocycles. The summed E-state index contributed by atoms with van der Waals surface area (Å²) in [7, 11) is 1.93. The largest absolute Gasteiger partial charge is 0.307 e. The van der Waals surface area contributed by atoms with Gasteiger partial charge in [0.1, 0.15) is 0 Å². The molecule has 0 unspecified atom stereocenters. The number of carbonyl (C=O) groups excluding carboxylic acids is 1. The summed E-state index contributed by atoms with van der Waals surface area (Å²) in [4.78, 5) is 16.0. The third-order valence-corrected chi connectivity index (χ3v) is 7.19. The van der Waals surface area contributed by atoms with E-state index < -0.39 is 0 Å². The number of thioether (sulfide) groups is 1. The number of nitrogens with zero attached hydrogens (tertiary/aromatic N) is 4. The van der Waals surface area contributed by atoms with Gasteiger partial charge in [-0.3, -0.25) is 4.79 Å². The SMILES string of the molecule is Cn1c(SCC(=O)N(Cc2ccccc2)c2ccccc2)nnc1-c1cc(Br)cs1. The number of hydrogen-bond donors (Lipinski definition) is 0. The lowest BCUT2D eigenvalue weighted by molar-refractivity contribution is -0.116. The zero-order chi connectivity index (χ0) is 20.9. The van der Waals surface area contributed by atoms with Crippen molar-refractivity contribution in [3.63, 3.8) is 0 Å². The number of hydrogen-bond acceptors (Lipinski definition) is 5.